The SMILES string of the molecule is CC1(c2c(Cl)ccc3c2OCO3)CCCN1. The fourth-order valence-electron chi connectivity index (χ4n) is 2.57. The zero-order chi connectivity index (χ0) is 11.2. The Morgan fingerprint density at radius 2 is 2.25 bits per heavy atom. The quantitative estimate of drug-likeness (QED) is 0.817. The molecule has 16 heavy (non-hydrogen) atoms. The Morgan fingerprint density at radius 1 is 1.38 bits per heavy atom. The van der Waals surface area contributed by atoms with E-state index < -0.39 is 0 Å². The van der Waals surface area contributed by atoms with Gasteiger partial charge in [-0.15, -0.1) is 0 Å². The standard InChI is InChI=1S/C12H14ClNO2/c1-12(5-2-6-14-12)10-8(13)3-4-9-11(10)16-7-15-9/h3-4,14H,2,5-7H2,1H3. The molecule has 4 heteroatoms. The summed E-state index contributed by atoms with van der Waals surface area (Å²) in [4.78, 5) is 0. The number of benzene rings is 1. The number of fused-ring (bicyclic) bond motifs is 1. The lowest BCUT2D eigenvalue weighted by Gasteiger charge is -2.27. The molecule has 1 saturated heterocycles. The molecule has 1 aromatic carbocycles. The second kappa shape index (κ2) is 3.54. The van der Waals surface area contributed by atoms with E-state index in [4.69, 9.17) is 21.1 Å². The van der Waals surface area contributed by atoms with Crippen molar-refractivity contribution in [3.8, 4) is 11.5 Å². The van der Waals surface area contributed by atoms with Crippen molar-refractivity contribution in [2.24, 2.45) is 0 Å². The number of hydrogen-bond acceptors (Lipinski definition) is 3. The van der Waals surface area contributed by atoms with Crippen LogP contribution in [0.25, 0.3) is 0 Å². The normalized spacial score (nSPS) is 27.4. The molecule has 0 aliphatic carbocycles. The zero-order valence-corrected chi connectivity index (χ0v) is 9.93. The van der Waals surface area contributed by atoms with Crippen LogP contribution in [0.2, 0.25) is 5.02 Å². The first-order valence-corrected chi connectivity index (χ1v) is 5.92. The number of halogens is 1. The van der Waals surface area contributed by atoms with Gasteiger partial charge in [-0.2, -0.15) is 0 Å². The zero-order valence-electron chi connectivity index (χ0n) is 9.18. The van der Waals surface area contributed by atoms with Gasteiger partial charge in [-0.3, -0.25) is 0 Å². The Kier molecular flexibility index (Phi) is 2.26. The van der Waals surface area contributed by atoms with E-state index in [9.17, 15) is 0 Å². The van der Waals surface area contributed by atoms with E-state index in [1.807, 2.05) is 12.1 Å². The predicted octanol–water partition coefficient (Wildman–Crippen LogP) is 2.67. The molecule has 3 nitrogen and oxygen atoms in total. The summed E-state index contributed by atoms with van der Waals surface area (Å²) in [6.45, 7) is 3.49. The summed E-state index contributed by atoms with van der Waals surface area (Å²) < 4.78 is 10.9. The van der Waals surface area contributed by atoms with Crippen molar-refractivity contribution in [1.29, 1.82) is 0 Å². The van der Waals surface area contributed by atoms with Gasteiger partial charge in [0.1, 0.15) is 0 Å². The molecule has 0 saturated carbocycles. The molecule has 1 N–H and O–H groups in total. The monoisotopic (exact) mass is 239 g/mol. The third-order valence-electron chi connectivity index (χ3n) is 3.41. The fourth-order valence-corrected chi connectivity index (χ4v) is 2.93. The first kappa shape index (κ1) is 10.2. The molecule has 0 radical (unpaired) electrons. The third-order valence-corrected chi connectivity index (χ3v) is 3.72. The Morgan fingerprint density at radius 3 is 3.00 bits per heavy atom. The van der Waals surface area contributed by atoms with Crippen LogP contribution in [0.3, 0.4) is 0 Å². The van der Waals surface area contributed by atoms with Crippen LogP contribution in [0.4, 0.5) is 0 Å². The first-order valence-electron chi connectivity index (χ1n) is 5.54. The van der Waals surface area contributed by atoms with Crippen LogP contribution >= 0.6 is 11.6 Å². The molecule has 86 valence electrons. The topological polar surface area (TPSA) is 30.5 Å². The van der Waals surface area contributed by atoms with Gasteiger partial charge < -0.3 is 14.8 Å². The third kappa shape index (κ3) is 1.39. The number of nitrogens with one attached hydrogen (secondary N) is 1. The van der Waals surface area contributed by atoms with E-state index in [1.54, 1.807) is 0 Å². The molecule has 0 amide bonds. The molecule has 1 unspecified atom stereocenters. The number of hydrogen-bond donors (Lipinski definition) is 1. The molecule has 2 aliphatic rings. The molecular weight excluding hydrogens is 226 g/mol. The summed E-state index contributed by atoms with van der Waals surface area (Å²) in [5.74, 6) is 1.61. The molecule has 2 aliphatic heterocycles. The van der Waals surface area contributed by atoms with Crippen molar-refractivity contribution in [3.63, 3.8) is 0 Å². The smallest absolute Gasteiger partial charge is 0.231 e. The predicted molar refractivity (Wildman–Crippen MR) is 62.2 cm³/mol. The molecule has 2 heterocycles. The van der Waals surface area contributed by atoms with Crippen molar-refractivity contribution < 1.29 is 9.47 Å². The molecule has 0 aromatic heterocycles. The van der Waals surface area contributed by atoms with Crippen LogP contribution in [0.5, 0.6) is 11.5 Å². The molecule has 3 rings (SSSR count). The Balaban J connectivity index is 2.15. The Labute approximate surface area is 99.7 Å². The van der Waals surface area contributed by atoms with Crippen LogP contribution in [-0.4, -0.2) is 13.3 Å². The van der Waals surface area contributed by atoms with Crippen molar-refractivity contribution in [3.05, 3.63) is 22.7 Å². The maximum atomic E-state index is 6.30. The van der Waals surface area contributed by atoms with E-state index in [0.29, 0.717) is 6.79 Å². The Hall–Kier alpha value is -0.930. The fraction of sp³-hybridized carbons (Fsp3) is 0.500. The van der Waals surface area contributed by atoms with Crippen LogP contribution in [0.15, 0.2) is 12.1 Å². The summed E-state index contributed by atoms with van der Waals surface area (Å²) in [5.41, 5.74) is 0.956. The van der Waals surface area contributed by atoms with Gasteiger partial charge in [0.05, 0.1) is 0 Å². The van der Waals surface area contributed by atoms with Gasteiger partial charge in [0.2, 0.25) is 6.79 Å². The highest BCUT2D eigenvalue weighted by Gasteiger charge is 2.37. The van der Waals surface area contributed by atoms with E-state index in [0.717, 1.165) is 41.5 Å². The van der Waals surface area contributed by atoms with Gasteiger partial charge >= 0.3 is 0 Å². The van der Waals surface area contributed by atoms with Gasteiger partial charge in [-0.1, -0.05) is 11.6 Å². The molecule has 1 aromatic rings. The molecule has 0 spiro atoms. The van der Waals surface area contributed by atoms with Crippen molar-refractivity contribution in [2.45, 2.75) is 25.3 Å². The lowest BCUT2D eigenvalue weighted by atomic mass is 9.89. The highest BCUT2D eigenvalue weighted by atomic mass is 35.5. The highest BCUT2D eigenvalue weighted by molar-refractivity contribution is 6.31. The van der Waals surface area contributed by atoms with Crippen molar-refractivity contribution in [2.75, 3.05) is 13.3 Å². The molecule has 1 fully saturated rings. The first-order chi connectivity index (χ1) is 7.71. The summed E-state index contributed by atoms with van der Waals surface area (Å²) in [6, 6.07) is 3.75. The number of ether oxygens (including phenoxy) is 2. The van der Waals surface area contributed by atoms with Crippen LogP contribution in [-0.2, 0) is 5.54 Å². The van der Waals surface area contributed by atoms with Gasteiger partial charge in [-0.25, -0.2) is 0 Å². The largest absolute Gasteiger partial charge is 0.454 e. The van der Waals surface area contributed by atoms with E-state index in [1.165, 1.54) is 0 Å². The van der Waals surface area contributed by atoms with Gasteiger partial charge in [0, 0.05) is 16.1 Å². The minimum absolute atomic E-state index is 0.0872. The lowest BCUT2D eigenvalue weighted by Crippen LogP contribution is -2.33. The average molecular weight is 240 g/mol. The molecule has 0 bridgehead atoms. The van der Waals surface area contributed by atoms with Crippen LogP contribution < -0.4 is 14.8 Å². The van der Waals surface area contributed by atoms with Crippen molar-refractivity contribution in [1.82, 2.24) is 5.32 Å². The van der Waals surface area contributed by atoms with E-state index >= 15 is 0 Å². The lowest BCUT2D eigenvalue weighted by molar-refractivity contribution is 0.172. The second-order valence-corrected chi connectivity index (χ2v) is 4.93. The highest BCUT2D eigenvalue weighted by Crippen LogP contribution is 2.47. The maximum absolute atomic E-state index is 6.30. The molecular formula is C12H14ClNO2. The Bertz CT molecular complexity index is 427. The second-order valence-electron chi connectivity index (χ2n) is 4.52. The van der Waals surface area contributed by atoms with Crippen molar-refractivity contribution >= 4 is 11.6 Å². The maximum Gasteiger partial charge on any atom is 0.231 e. The van der Waals surface area contributed by atoms with Gasteiger partial charge in [-0.05, 0) is 38.4 Å². The van der Waals surface area contributed by atoms with E-state index in [2.05, 4.69) is 12.2 Å². The summed E-state index contributed by atoms with van der Waals surface area (Å²) >= 11 is 6.30. The van der Waals surface area contributed by atoms with Crippen LogP contribution in [0, 0.1) is 0 Å². The summed E-state index contributed by atoms with van der Waals surface area (Å²) in [7, 11) is 0. The van der Waals surface area contributed by atoms with Crippen LogP contribution in [0.1, 0.15) is 25.3 Å². The minimum atomic E-state index is -0.0872. The molecule has 1 atom stereocenters. The average Bonchev–Trinajstić information content (AvgIpc) is 2.86. The van der Waals surface area contributed by atoms with Gasteiger partial charge in [0.15, 0.2) is 11.5 Å². The minimum Gasteiger partial charge on any atom is -0.454 e. The van der Waals surface area contributed by atoms with E-state index in [-0.39, 0.29) is 5.54 Å². The van der Waals surface area contributed by atoms with Gasteiger partial charge in [0.25, 0.3) is 0 Å². The summed E-state index contributed by atoms with van der Waals surface area (Å²) in [5, 5.41) is 4.25. The summed E-state index contributed by atoms with van der Waals surface area (Å²) in [6.07, 6.45) is 2.24. The number of rotatable bonds is 1.